The highest BCUT2D eigenvalue weighted by Crippen LogP contribution is 1.91. The number of hydrogen-bond acceptors (Lipinski definition) is 0. The van der Waals surface area contributed by atoms with E-state index in [1.165, 1.54) is 0 Å². The van der Waals surface area contributed by atoms with Gasteiger partial charge >= 0.3 is 0 Å². The molecule has 0 heterocycles. The lowest BCUT2D eigenvalue weighted by Gasteiger charge is -1.84. The van der Waals surface area contributed by atoms with Crippen LogP contribution in [0.4, 0.5) is 4.39 Å². The van der Waals surface area contributed by atoms with Crippen molar-refractivity contribution in [1.29, 1.82) is 0 Å². The van der Waals surface area contributed by atoms with Gasteiger partial charge in [0.1, 0.15) is 0 Å². The third-order valence-corrected chi connectivity index (χ3v) is 0.737. The van der Waals surface area contributed by atoms with Crippen molar-refractivity contribution in [3.63, 3.8) is 0 Å². The van der Waals surface area contributed by atoms with Gasteiger partial charge in [0.25, 0.3) is 0 Å². The van der Waals surface area contributed by atoms with Gasteiger partial charge < -0.3 is 0 Å². The van der Waals surface area contributed by atoms with Gasteiger partial charge in [0.2, 0.25) is 0 Å². The maximum atomic E-state index is 11.2. The van der Waals surface area contributed by atoms with Crippen molar-refractivity contribution >= 4 is 0 Å². The van der Waals surface area contributed by atoms with E-state index in [0.29, 0.717) is 0 Å². The van der Waals surface area contributed by atoms with Gasteiger partial charge in [0.05, 0.1) is 6.67 Å². The van der Waals surface area contributed by atoms with Crippen LogP contribution >= 0.6 is 0 Å². The monoisotopic (exact) mass is 132 g/mol. The molecule has 0 amide bonds. The van der Waals surface area contributed by atoms with Crippen LogP contribution < -0.4 is 0 Å². The van der Waals surface area contributed by atoms with Crippen molar-refractivity contribution in [2.24, 2.45) is 0 Å². The molecule has 0 aliphatic carbocycles. The predicted octanol–water partition coefficient (Wildman–Crippen LogP) is 3.34. The molecule has 0 radical (unpaired) electrons. The molecule has 0 bridgehead atoms. The number of rotatable bonds is 3. The van der Waals surface area contributed by atoms with Crippen LogP contribution in [0.1, 0.15) is 33.1 Å². The molecule has 0 aromatic carbocycles. The highest BCUT2D eigenvalue weighted by Gasteiger charge is 1.78. The second kappa shape index (κ2) is 15.6. The van der Waals surface area contributed by atoms with Gasteiger partial charge in [-0.05, 0) is 13.3 Å². The first kappa shape index (κ1) is 11.5. The average Bonchev–Trinajstić information content (AvgIpc) is 1.86. The summed E-state index contributed by atoms with van der Waals surface area (Å²) in [5.41, 5.74) is 0. The molecule has 1 heteroatoms. The van der Waals surface area contributed by atoms with Crippen LogP contribution in [0.2, 0.25) is 0 Å². The van der Waals surface area contributed by atoms with Gasteiger partial charge in [0, 0.05) is 0 Å². The second-order valence-corrected chi connectivity index (χ2v) is 1.80. The van der Waals surface area contributed by atoms with E-state index in [9.17, 15) is 4.39 Å². The van der Waals surface area contributed by atoms with Crippen LogP contribution in [0.3, 0.4) is 0 Å². The molecule has 0 nitrogen and oxygen atoms in total. The van der Waals surface area contributed by atoms with Crippen molar-refractivity contribution in [3.8, 4) is 0 Å². The third-order valence-electron chi connectivity index (χ3n) is 0.737. The van der Waals surface area contributed by atoms with Crippen molar-refractivity contribution in [1.82, 2.24) is 0 Å². The number of unbranched alkanes of at least 4 members (excludes halogenated alkanes) is 2. The fourth-order valence-corrected chi connectivity index (χ4v) is 0.344. The van der Waals surface area contributed by atoms with E-state index in [1.54, 1.807) is 6.08 Å². The quantitative estimate of drug-likeness (QED) is 0.408. The highest BCUT2D eigenvalue weighted by molar-refractivity contribution is 4.51. The van der Waals surface area contributed by atoms with Crippen molar-refractivity contribution in [2.45, 2.75) is 33.1 Å². The Morgan fingerprint density at radius 2 is 1.89 bits per heavy atom. The molecule has 0 atom stereocenters. The van der Waals surface area contributed by atoms with E-state index in [2.05, 4.69) is 13.5 Å². The third kappa shape index (κ3) is 34.6. The van der Waals surface area contributed by atoms with Crippen molar-refractivity contribution in [2.75, 3.05) is 6.67 Å². The molecule has 0 saturated heterocycles. The molecule has 0 aromatic heterocycles. The van der Waals surface area contributed by atoms with Crippen LogP contribution in [0.25, 0.3) is 0 Å². The SMILES string of the molecule is C=CC.CCCCCF. The molecule has 0 aliphatic rings. The molecular weight excluding hydrogens is 115 g/mol. The number of alkyl halides is 1. The molecule has 0 aliphatic heterocycles. The van der Waals surface area contributed by atoms with E-state index in [4.69, 9.17) is 0 Å². The number of hydrogen-bond donors (Lipinski definition) is 0. The standard InChI is InChI=1S/C5H11F.C3H6/c1-2-3-4-5-6;1-3-2/h2-5H2,1H3;3H,1H2,2H3. The molecule has 9 heavy (non-hydrogen) atoms. The van der Waals surface area contributed by atoms with E-state index in [1.807, 2.05) is 6.92 Å². The van der Waals surface area contributed by atoms with E-state index in [-0.39, 0.29) is 6.67 Å². The minimum Gasteiger partial charge on any atom is -0.251 e. The van der Waals surface area contributed by atoms with Crippen molar-refractivity contribution < 1.29 is 4.39 Å². The van der Waals surface area contributed by atoms with Gasteiger partial charge in [-0.2, -0.15) is 0 Å². The summed E-state index contributed by atoms with van der Waals surface area (Å²) in [6.45, 7) is 7.17. The van der Waals surface area contributed by atoms with E-state index in [0.717, 1.165) is 19.3 Å². The van der Waals surface area contributed by atoms with Crippen LogP contribution in [0.15, 0.2) is 12.7 Å². The number of halogens is 1. The Morgan fingerprint density at radius 1 is 1.44 bits per heavy atom. The van der Waals surface area contributed by atoms with Gasteiger partial charge in [-0.3, -0.25) is 4.39 Å². The first-order chi connectivity index (χ1) is 4.33. The topological polar surface area (TPSA) is 0 Å². The molecule has 0 aromatic rings. The molecule has 0 saturated carbocycles. The smallest absolute Gasteiger partial charge is 0.0894 e. The first-order valence-corrected chi connectivity index (χ1v) is 3.46. The lowest BCUT2D eigenvalue weighted by Crippen LogP contribution is -1.72. The van der Waals surface area contributed by atoms with Gasteiger partial charge in [-0.1, -0.05) is 25.8 Å². The maximum absolute atomic E-state index is 11.2. The largest absolute Gasteiger partial charge is 0.251 e. The zero-order valence-corrected chi connectivity index (χ0v) is 6.49. The van der Waals surface area contributed by atoms with Crippen LogP contribution in [-0.2, 0) is 0 Å². The fourth-order valence-electron chi connectivity index (χ4n) is 0.344. The zero-order chi connectivity index (χ0) is 7.54. The predicted molar refractivity (Wildman–Crippen MR) is 41.4 cm³/mol. The molecular formula is C8H17F. The van der Waals surface area contributed by atoms with Crippen LogP contribution in [0.5, 0.6) is 0 Å². The second-order valence-electron chi connectivity index (χ2n) is 1.80. The highest BCUT2D eigenvalue weighted by atomic mass is 19.1. The summed E-state index contributed by atoms with van der Waals surface area (Å²) in [7, 11) is 0. The first-order valence-electron chi connectivity index (χ1n) is 3.46. The van der Waals surface area contributed by atoms with Gasteiger partial charge in [0.15, 0.2) is 0 Å². The fraction of sp³-hybridized carbons (Fsp3) is 0.750. The van der Waals surface area contributed by atoms with Gasteiger partial charge in [-0.15, -0.1) is 6.58 Å². The Kier molecular flexibility index (Phi) is 19.9. The lowest BCUT2D eigenvalue weighted by molar-refractivity contribution is 0.460. The summed E-state index contributed by atoms with van der Waals surface area (Å²) in [5, 5.41) is 0. The Balaban J connectivity index is 0. The summed E-state index contributed by atoms with van der Waals surface area (Å²) in [6, 6.07) is 0. The molecule has 0 unspecified atom stereocenters. The van der Waals surface area contributed by atoms with E-state index >= 15 is 0 Å². The summed E-state index contributed by atoms with van der Waals surface area (Å²) in [5.74, 6) is 0. The Hall–Kier alpha value is -0.330. The molecule has 0 spiro atoms. The van der Waals surface area contributed by atoms with Crippen molar-refractivity contribution in [3.05, 3.63) is 12.7 Å². The maximum Gasteiger partial charge on any atom is 0.0894 e. The zero-order valence-electron chi connectivity index (χ0n) is 6.49. The Labute approximate surface area is 57.8 Å². The summed E-state index contributed by atoms with van der Waals surface area (Å²) in [4.78, 5) is 0. The minimum atomic E-state index is -0.145. The van der Waals surface area contributed by atoms with Crippen LogP contribution in [-0.4, -0.2) is 6.67 Å². The average molecular weight is 132 g/mol. The molecule has 0 N–H and O–H groups in total. The number of allylic oxidation sites excluding steroid dienone is 1. The summed E-state index contributed by atoms with van der Waals surface area (Å²) >= 11 is 0. The Morgan fingerprint density at radius 3 is 2.00 bits per heavy atom. The normalized spacial score (nSPS) is 7.44. The molecule has 0 rings (SSSR count). The van der Waals surface area contributed by atoms with Gasteiger partial charge in [-0.25, -0.2) is 0 Å². The Bertz CT molecular complexity index is 37.8. The summed E-state index contributed by atoms with van der Waals surface area (Å²) < 4.78 is 11.2. The molecule has 0 fully saturated rings. The lowest BCUT2D eigenvalue weighted by atomic mass is 10.3. The molecule has 56 valence electrons. The van der Waals surface area contributed by atoms with E-state index < -0.39 is 0 Å². The summed E-state index contributed by atoms with van der Waals surface area (Å²) in [6.07, 6.45) is 4.65. The minimum absolute atomic E-state index is 0.145. The van der Waals surface area contributed by atoms with Crippen LogP contribution in [0, 0.1) is 0 Å².